The summed E-state index contributed by atoms with van der Waals surface area (Å²) in [5, 5.41) is 1.09. The van der Waals surface area contributed by atoms with Gasteiger partial charge in [-0.1, -0.05) is 13.8 Å². The molecule has 0 radical (unpaired) electrons. The predicted octanol–water partition coefficient (Wildman–Crippen LogP) is 2.84. The van der Waals surface area contributed by atoms with E-state index in [9.17, 15) is 0 Å². The Kier molecular flexibility index (Phi) is 2.81. The zero-order valence-electron chi connectivity index (χ0n) is 11.6. The largest absolute Gasteiger partial charge is 0.399 e. The van der Waals surface area contributed by atoms with Gasteiger partial charge in [0.15, 0.2) is 0 Å². The Morgan fingerprint density at radius 3 is 2.63 bits per heavy atom. The number of hydrogen-bond donors (Lipinski definition) is 1. The second kappa shape index (κ2) is 4.37. The number of fused-ring (bicyclic) bond motifs is 1. The second-order valence-electron chi connectivity index (χ2n) is 6.13. The summed E-state index contributed by atoms with van der Waals surface area (Å²) in [4.78, 5) is 11.2. The quantitative estimate of drug-likeness (QED) is 0.797. The lowest BCUT2D eigenvalue weighted by atomic mass is 9.82. The normalized spacial score (nSPS) is 18.7. The van der Waals surface area contributed by atoms with Crippen LogP contribution in [0.3, 0.4) is 0 Å². The molecule has 2 heterocycles. The summed E-state index contributed by atoms with van der Waals surface area (Å²) in [7, 11) is 0. The number of nitrogens with two attached hydrogens (primary N) is 1. The first kappa shape index (κ1) is 12.2. The Hall–Kier alpha value is -1.84. The Labute approximate surface area is 113 Å². The highest BCUT2D eigenvalue weighted by molar-refractivity contribution is 5.91. The fourth-order valence-corrected chi connectivity index (χ4v) is 2.64. The number of benzene rings is 1. The van der Waals surface area contributed by atoms with Crippen LogP contribution in [0.25, 0.3) is 10.9 Å². The molecule has 19 heavy (non-hydrogen) atoms. The van der Waals surface area contributed by atoms with E-state index >= 15 is 0 Å². The minimum atomic E-state index is 0.448. The van der Waals surface area contributed by atoms with Gasteiger partial charge in [-0.05, 0) is 36.5 Å². The Morgan fingerprint density at radius 2 is 1.89 bits per heavy atom. The number of anilines is 2. The van der Waals surface area contributed by atoms with E-state index < -0.39 is 0 Å². The first-order chi connectivity index (χ1) is 9.05. The fourth-order valence-electron chi connectivity index (χ4n) is 2.64. The summed E-state index contributed by atoms with van der Waals surface area (Å²) in [6.07, 6.45) is 4.04. The minimum Gasteiger partial charge on any atom is -0.399 e. The molecule has 0 atom stereocenters. The molecule has 1 aliphatic rings. The van der Waals surface area contributed by atoms with Gasteiger partial charge in [0.25, 0.3) is 0 Å². The Balaban J connectivity index is 1.97. The molecule has 4 heteroatoms. The lowest BCUT2D eigenvalue weighted by Gasteiger charge is -2.37. The molecule has 1 aromatic heterocycles. The first-order valence-corrected chi connectivity index (χ1v) is 6.80. The monoisotopic (exact) mass is 256 g/mol. The van der Waals surface area contributed by atoms with Crippen molar-refractivity contribution in [3.05, 3.63) is 24.5 Å². The second-order valence-corrected chi connectivity index (χ2v) is 6.13. The van der Waals surface area contributed by atoms with Crippen LogP contribution in [0, 0.1) is 5.41 Å². The van der Waals surface area contributed by atoms with E-state index in [4.69, 9.17) is 5.73 Å². The highest BCUT2D eigenvalue weighted by Gasteiger charge is 2.26. The number of nitrogen functional groups attached to an aromatic ring is 1. The SMILES string of the molecule is CC1(C)CCN(c2ncnc3cc(N)ccc23)CC1. The van der Waals surface area contributed by atoms with Crippen molar-refractivity contribution >= 4 is 22.4 Å². The molecule has 1 saturated heterocycles. The zero-order valence-corrected chi connectivity index (χ0v) is 11.6. The molecule has 2 N–H and O–H groups in total. The van der Waals surface area contributed by atoms with Crippen LogP contribution < -0.4 is 10.6 Å². The lowest BCUT2D eigenvalue weighted by Crippen LogP contribution is -2.37. The molecule has 0 amide bonds. The summed E-state index contributed by atoms with van der Waals surface area (Å²) in [6, 6.07) is 5.86. The van der Waals surface area contributed by atoms with E-state index in [-0.39, 0.29) is 0 Å². The molecule has 0 bridgehead atoms. The van der Waals surface area contributed by atoms with E-state index in [0.717, 1.165) is 35.5 Å². The van der Waals surface area contributed by atoms with Gasteiger partial charge in [0.05, 0.1) is 5.52 Å². The van der Waals surface area contributed by atoms with Gasteiger partial charge >= 0.3 is 0 Å². The van der Waals surface area contributed by atoms with E-state index in [2.05, 4.69) is 28.7 Å². The summed E-state index contributed by atoms with van der Waals surface area (Å²) >= 11 is 0. The molecule has 1 aliphatic heterocycles. The number of aromatic nitrogens is 2. The van der Waals surface area contributed by atoms with Gasteiger partial charge in [-0.2, -0.15) is 0 Å². The van der Waals surface area contributed by atoms with E-state index in [1.54, 1.807) is 6.33 Å². The van der Waals surface area contributed by atoms with E-state index in [0.29, 0.717) is 5.41 Å². The van der Waals surface area contributed by atoms with Crippen molar-refractivity contribution in [2.45, 2.75) is 26.7 Å². The molecule has 0 saturated carbocycles. The van der Waals surface area contributed by atoms with Crippen molar-refractivity contribution in [3.8, 4) is 0 Å². The number of rotatable bonds is 1. The summed E-state index contributed by atoms with van der Waals surface area (Å²) in [5.41, 5.74) is 7.94. The van der Waals surface area contributed by atoms with Crippen LogP contribution in [0.15, 0.2) is 24.5 Å². The van der Waals surface area contributed by atoms with Crippen LogP contribution >= 0.6 is 0 Å². The molecule has 0 unspecified atom stereocenters. The highest BCUT2D eigenvalue weighted by atomic mass is 15.2. The molecule has 1 fully saturated rings. The molecule has 1 aromatic carbocycles. The third-order valence-corrected chi connectivity index (χ3v) is 4.06. The van der Waals surface area contributed by atoms with Gasteiger partial charge in [-0.15, -0.1) is 0 Å². The van der Waals surface area contributed by atoms with Crippen LogP contribution in [0.1, 0.15) is 26.7 Å². The third kappa shape index (κ3) is 2.35. The van der Waals surface area contributed by atoms with Crippen LogP contribution in [0.5, 0.6) is 0 Å². The smallest absolute Gasteiger partial charge is 0.139 e. The number of piperidine rings is 1. The van der Waals surface area contributed by atoms with E-state index in [1.807, 2.05) is 18.2 Å². The van der Waals surface area contributed by atoms with Gasteiger partial charge in [0.1, 0.15) is 12.1 Å². The number of hydrogen-bond acceptors (Lipinski definition) is 4. The van der Waals surface area contributed by atoms with Crippen molar-refractivity contribution in [3.63, 3.8) is 0 Å². The summed E-state index contributed by atoms with van der Waals surface area (Å²) < 4.78 is 0. The lowest BCUT2D eigenvalue weighted by molar-refractivity contribution is 0.279. The van der Waals surface area contributed by atoms with E-state index in [1.165, 1.54) is 12.8 Å². The van der Waals surface area contributed by atoms with Gasteiger partial charge < -0.3 is 10.6 Å². The predicted molar refractivity (Wildman–Crippen MR) is 79.2 cm³/mol. The van der Waals surface area contributed by atoms with Gasteiger partial charge in [-0.3, -0.25) is 0 Å². The maximum Gasteiger partial charge on any atom is 0.139 e. The molecular formula is C15H20N4. The molecule has 0 spiro atoms. The van der Waals surface area contributed by atoms with Crippen LogP contribution in [0.4, 0.5) is 11.5 Å². The van der Waals surface area contributed by atoms with Crippen LogP contribution in [0.2, 0.25) is 0 Å². The topological polar surface area (TPSA) is 55.0 Å². The average Bonchev–Trinajstić information content (AvgIpc) is 2.38. The van der Waals surface area contributed by atoms with Crippen molar-refractivity contribution in [2.24, 2.45) is 5.41 Å². The maximum absolute atomic E-state index is 5.81. The Bertz CT molecular complexity index is 596. The van der Waals surface area contributed by atoms with Crippen molar-refractivity contribution < 1.29 is 0 Å². The molecule has 4 nitrogen and oxygen atoms in total. The van der Waals surface area contributed by atoms with Gasteiger partial charge in [0.2, 0.25) is 0 Å². The van der Waals surface area contributed by atoms with Crippen LogP contribution in [-0.4, -0.2) is 23.1 Å². The van der Waals surface area contributed by atoms with Gasteiger partial charge in [-0.25, -0.2) is 9.97 Å². The minimum absolute atomic E-state index is 0.448. The molecule has 3 rings (SSSR count). The molecule has 100 valence electrons. The summed E-state index contributed by atoms with van der Waals surface area (Å²) in [6.45, 7) is 6.79. The Morgan fingerprint density at radius 1 is 1.16 bits per heavy atom. The third-order valence-electron chi connectivity index (χ3n) is 4.06. The number of nitrogens with zero attached hydrogens (tertiary/aromatic N) is 3. The first-order valence-electron chi connectivity index (χ1n) is 6.80. The van der Waals surface area contributed by atoms with Crippen molar-refractivity contribution in [1.29, 1.82) is 0 Å². The average molecular weight is 256 g/mol. The molecule has 0 aliphatic carbocycles. The fraction of sp³-hybridized carbons (Fsp3) is 0.467. The maximum atomic E-state index is 5.81. The van der Waals surface area contributed by atoms with Crippen molar-refractivity contribution in [2.75, 3.05) is 23.7 Å². The standard InChI is InChI=1S/C15H20N4/c1-15(2)5-7-19(8-6-15)14-12-4-3-11(16)9-13(12)17-10-18-14/h3-4,9-10H,5-8,16H2,1-2H3. The van der Waals surface area contributed by atoms with Gasteiger partial charge in [0, 0.05) is 24.2 Å². The van der Waals surface area contributed by atoms with Crippen molar-refractivity contribution in [1.82, 2.24) is 9.97 Å². The highest BCUT2D eigenvalue weighted by Crippen LogP contribution is 2.33. The summed E-state index contributed by atoms with van der Waals surface area (Å²) in [5.74, 6) is 1.04. The molecule has 2 aromatic rings. The van der Waals surface area contributed by atoms with Crippen LogP contribution in [-0.2, 0) is 0 Å². The zero-order chi connectivity index (χ0) is 13.5. The molecular weight excluding hydrogens is 236 g/mol.